The molecule has 0 aromatic heterocycles. The molecule has 1 aliphatic rings. The zero-order valence-corrected chi connectivity index (χ0v) is 12.3. The molecule has 2 N–H and O–H groups in total. The van der Waals surface area contributed by atoms with Gasteiger partial charge in [0, 0.05) is 13.1 Å². The summed E-state index contributed by atoms with van der Waals surface area (Å²) in [5.74, 6) is 0. The Balaban J connectivity index is 2.43. The molecule has 5 nitrogen and oxygen atoms in total. The molecular formula is C13H20N2O3S. The highest BCUT2D eigenvalue weighted by Gasteiger charge is 2.36. The molecule has 0 bridgehead atoms. The molecule has 6 heteroatoms. The molecule has 0 atom stereocenters. The van der Waals surface area contributed by atoms with Crippen LogP contribution in [0.3, 0.4) is 0 Å². The summed E-state index contributed by atoms with van der Waals surface area (Å²) in [5.41, 5.74) is 6.34. The predicted molar refractivity (Wildman–Crippen MR) is 74.4 cm³/mol. The van der Waals surface area contributed by atoms with Crippen LogP contribution in [-0.2, 0) is 14.8 Å². The van der Waals surface area contributed by atoms with Gasteiger partial charge >= 0.3 is 0 Å². The van der Waals surface area contributed by atoms with Gasteiger partial charge in [0.1, 0.15) is 4.90 Å². The maximum absolute atomic E-state index is 12.7. The number of morpholine rings is 1. The van der Waals surface area contributed by atoms with Crippen molar-refractivity contribution in [2.24, 2.45) is 0 Å². The molecule has 2 rings (SSSR count). The van der Waals surface area contributed by atoms with Gasteiger partial charge in [-0.25, -0.2) is 8.42 Å². The minimum absolute atomic E-state index is 0.215. The third kappa shape index (κ3) is 2.75. The van der Waals surface area contributed by atoms with E-state index in [2.05, 4.69) is 0 Å². The molecule has 1 aliphatic heterocycles. The van der Waals surface area contributed by atoms with Crippen LogP contribution in [0, 0.1) is 6.92 Å². The average molecular weight is 284 g/mol. The minimum atomic E-state index is -3.57. The van der Waals surface area contributed by atoms with Crippen molar-refractivity contribution in [2.45, 2.75) is 31.3 Å². The fraction of sp³-hybridized carbons (Fsp3) is 0.538. The first kappa shape index (κ1) is 14.3. The molecule has 19 heavy (non-hydrogen) atoms. The van der Waals surface area contributed by atoms with Crippen molar-refractivity contribution in [1.82, 2.24) is 4.31 Å². The third-order valence-corrected chi connectivity index (χ3v) is 5.30. The number of hydrogen-bond acceptors (Lipinski definition) is 4. The summed E-state index contributed by atoms with van der Waals surface area (Å²) in [5, 5.41) is 0. The summed E-state index contributed by atoms with van der Waals surface area (Å²) < 4.78 is 32.4. The molecule has 0 amide bonds. The van der Waals surface area contributed by atoms with E-state index in [9.17, 15) is 8.42 Å². The molecule has 0 spiro atoms. The highest BCUT2D eigenvalue weighted by Crippen LogP contribution is 2.29. The van der Waals surface area contributed by atoms with E-state index in [4.69, 9.17) is 10.5 Å². The average Bonchev–Trinajstić information content (AvgIpc) is 2.27. The second-order valence-corrected chi connectivity index (χ2v) is 7.31. The van der Waals surface area contributed by atoms with Crippen molar-refractivity contribution in [1.29, 1.82) is 0 Å². The number of anilines is 1. The number of ether oxygens (including phenoxy) is 1. The first-order chi connectivity index (χ1) is 8.74. The largest absolute Gasteiger partial charge is 0.398 e. The minimum Gasteiger partial charge on any atom is -0.398 e. The van der Waals surface area contributed by atoms with Gasteiger partial charge in [-0.1, -0.05) is 12.1 Å². The van der Waals surface area contributed by atoms with Gasteiger partial charge in [-0.05, 0) is 32.4 Å². The van der Waals surface area contributed by atoms with Crippen molar-refractivity contribution in [3.8, 4) is 0 Å². The molecule has 106 valence electrons. The lowest BCUT2D eigenvalue weighted by Gasteiger charge is -2.37. The fourth-order valence-corrected chi connectivity index (χ4v) is 4.23. The van der Waals surface area contributed by atoms with E-state index in [0.29, 0.717) is 30.9 Å². The van der Waals surface area contributed by atoms with Crippen LogP contribution in [0.15, 0.2) is 23.1 Å². The molecule has 1 aromatic rings. The maximum atomic E-state index is 12.7. The molecule has 1 saturated heterocycles. The monoisotopic (exact) mass is 284 g/mol. The molecule has 0 aliphatic carbocycles. The Labute approximate surface area is 114 Å². The number of rotatable bonds is 2. The Hall–Kier alpha value is -1.11. The number of nitrogens with two attached hydrogens (primary N) is 1. The Morgan fingerprint density at radius 2 is 2.05 bits per heavy atom. The van der Waals surface area contributed by atoms with Crippen LogP contribution in [0.5, 0.6) is 0 Å². The molecule has 0 unspecified atom stereocenters. The summed E-state index contributed by atoms with van der Waals surface area (Å²) in [7, 11) is -3.57. The van der Waals surface area contributed by atoms with Crippen LogP contribution in [0.4, 0.5) is 5.69 Å². The van der Waals surface area contributed by atoms with Gasteiger partial charge in [0.2, 0.25) is 10.0 Å². The Morgan fingerprint density at radius 1 is 1.37 bits per heavy atom. The summed E-state index contributed by atoms with van der Waals surface area (Å²) in [6, 6.07) is 5.13. The smallest absolute Gasteiger partial charge is 0.245 e. The SMILES string of the molecule is Cc1cccc(N)c1S(=O)(=O)N1CCOC(C)(C)C1. The van der Waals surface area contributed by atoms with Gasteiger partial charge in [0.05, 0.1) is 17.9 Å². The number of nitrogen functional groups attached to an aromatic ring is 1. The van der Waals surface area contributed by atoms with E-state index in [1.807, 2.05) is 13.8 Å². The topological polar surface area (TPSA) is 72.6 Å². The van der Waals surface area contributed by atoms with E-state index in [-0.39, 0.29) is 4.90 Å². The number of sulfonamides is 1. The number of hydrogen-bond donors (Lipinski definition) is 1. The quantitative estimate of drug-likeness (QED) is 0.833. The van der Waals surface area contributed by atoms with Crippen LogP contribution in [0.1, 0.15) is 19.4 Å². The molecular weight excluding hydrogens is 264 g/mol. The third-order valence-electron chi connectivity index (χ3n) is 3.23. The van der Waals surface area contributed by atoms with E-state index in [1.165, 1.54) is 4.31 Å². The van der Waals surface area contributed by atoms with Gasteiger partial charge in [0.25, 0.3) is 0 Å². The number of aryl methyl sites for hydroxylation is 1. The fourth-order valence-electron chi connectivity index (χ4n) is 2.33. The van der Waals surface area contributed by atoms with Crippen LogP contribution in [0.25, 0.3) is 0 Å². The zero-order valence-electron chi connectivity index (χ0n) is 11.5. The van der Waals surface area contributed by atoms with E-state index in [0.717, 1.165) is 0 Å². The lowest BCUT2D eigenvalue weighted by molar-refractivity contribution is -0.0640. The van der Waals surface area contributed by atoms with E-state index in [1.54, 1.807) is 25.1 Å². The van der Waals surface area contributed by atoms with Crippen LogP contribution >= 0.6 is 0 Å². The van der Waals surface area contributed by atoms with Crippen molar-refractivity contribution in [3.63, 3.8) is 0 Å². The second kappa shape index (κ2) is 4.77. The van der Waals surface area contributed by atoms with Crippen LogP contribution < -0.4 is 5.73 Å². The summed E-state index contributed by atoms with van der Waals surface area (Å²) in [4.78, 5) is 0.215. The molecule has 0 radical (unpaired) electrons. The second-order valence-electron chi connectivity index (χ2n) is 5.44. The normalized spacial score (nSPS) is 20.4. The molecule has 1 heterocycles. The Morgan fingerprint density at radius 3 is 2.63 bits per heavy atom. The highest BCUT2D eigenvalue weighted by atomic mass is 32.2. The van der Waals surface area contributed by atoms with Crippen LogP contribution in [-0.4, -0.2) is 38.0 Å². The summed E-state index contributed by atoms with van der Waals surface area (Å²) in [6.07, 6.45) is 0. The van der Waals surface area contributed by atoms with Gasteiger partial charge < -0.3 is 10.5 Å². The predicted octanol–water partition coefficient (Wildman–Crippen LogP) is 1.38. The highest BCUT2D eigenvalue weighted by molar-refractivity contribution is 7.89. The molecule has 1 fully saturated rings. The van der Waals surface area contributed by atoms with Crippen LogP contribution in [0.2, 0.25) is 0 Å². The lowest BCUT2D eigenvalue weighted by Crippen LogP contribution is -2.50. The number of benzene rings is 1. The van der Waals surface area contributed by atoms with Gasteiger partial charge in [-0.3, -0.25) is 0 Å². The Kier molecular flexibility index (Phi) is 3.59. The molecule has 1 aromatic carbocycles. The maximum Gasteiger partial charge on any atom is 0.245 e. The van der Waals surface area contributed by atoms with Crippen molar-refractivity contribution >= 4 is 15.7 Å². The van der Waals surface area contributed by atoms with E-state index < -0.39 is 15.6 Å². The van der Waals surface area contributed by atoms with E-state index >= 15 is 0 Å². The van der Waals surface area contributed by atoms with Gasteiger partial charge in [-0.15, -0.1) is 0 Å². The van der Waals surface area contributed by atoms with Crippen molar-refractivity contribution in [3.05, 3.63) is 23.8 Å². The summed E-state index contributed by atoms with van der Waals surface area (Å²) in [6.45, 7) is 6.63. The standard InChI is InChI=1S/C13H20N2O3S/c1-10-5-4-6-11(14)12(10)19(16,17)15-7-8-18-13(2,3)9-15/h4-6H,7-9,14H2,1-3H3. The first-order valence-electron chi connectivity index (χ1n) is 6.23. The van der Waals surface area contributed by atoms with Gasteiger partial charge in [-0.2, -0.15) is 4.31 Å². The van der Waals surface area contributed by atoms with Gasteiger partial charge in [0.15, 0.2) is 0 Å². The Bertz CT molecular complexity index is 561. The zero-order chi connectivity index (χ0) is 14.3. The first-order valence-corrected chi connectivity index (χ1v) is 7.67. The van der Waals surface area contributed by atoms with Crippen molar-refractivity contribution < 1.29 is 13.2 Å². The van der Waals surface area contributed by atoms with Crippen molar-refractivity contribution in [2.75, 3.05) is 25.4 Å². The lowest BCUT2D eigenvalue weighted by atomic mass is 10.1. The number of nitrogens with zero attached hydrogens (tertiary/aromatic N) is 1. The summed E-state index contributed by atoms with van der Waals surface area (Å²) >= 11 is 0. The molecule has 0 saturated carbocycles.